The van der Waals surface area contributed by atoms with Crippen LogP contribution in [-0.4, -0.2) is 63.8 Å². The zero-order chi connectivity index (χ0) is 12.8. The maximum absolute atomic E-state index is 12.3. The normalized spacial score (nSPS) is 28.7. The molecule has 0 bridgehead atoms. The molecule has 2 saturated heterocycles. The number of rotatable bonds is 6. The van der Waals surface area contributed by atoms with Crippen LogP contribution in [0.2, 0.25) is 0 Å². The minimum absolute atomic E-state index is 0.147. The van der Waals surface area contributed by atoms with Gasteiger partial charge in [-0.05, 0) is 38.9 Å². The maximum Gasteiger partial charge on any atom is 0.229 e. The zero-order valence-electron chi connectivity index (χ0n) is 11.3. The molecule has 2 rings (SSSR count). The SMILES string of the molecule is COCC1(C(=O)NCCN2CCCC2)CCNC1. The highest BCUT2D eigenvalue weighted by molar-refractivity contribution is 5.83. The molecule has 0 saturated carbocycles. The Bertz CT molecular complexity index is 271. The lowest BCUT2D eigenvalue weighted by molar-refractivity contribution is -0.132. The molecule has 2 aliphatic rings. The number of ether oxygens (including phenoxy) is 1. The summed E-state index contributed by atoms with van der Waals surface area (Å²) in [7, 11) is 1.66. The third kappa shape index (κ3) is 3.22. The Morgan fingerprint density at radius 1 is 1.44 bits per heavy atom. The number of nitrogens with zero attached hydrogens (tertiary/aromatic N) is 1. The van der Waals surface area contributed by atoms with Crippen LogP contribution in [0.25, 0.3) is 0 Å². The van der Waals surface area contributed by atoms with E-state index in [-0.39, 0.29) is 11.3 Å². The summed E-state index contributed by atoms with van der Waals surface area (Å²) in [6.45, 7) is 6.24. The monoisotopic (exact) mass is 255 g/mol. The van der Waals surface area contributed by atoms with Crippen LogP contribution in [-0.2, 0) is 9.53 Å². The number of carbonyl (C=O) groups excluding carboxylic acids is 1. The molecule has 0 aliphatic carbocycles. The minimum Gasteiger partial charge on any atom is -0.384 e. The third-order valence-corrected chi connectivity index (χ3v) is 4.06. The van der Waals surface area contributed by atoms with Crippen LogP contribution in [0.5, 0.6) is 0 Å². The van der Waals surface area contributed by atoms with Gasteiger partial charge in [-0.3, -0.25) is 4.79 Å². The van der Waals surface area contributed by atoms with Gasteiger partial charge < -0.3 is 20.3 Å². The molecule has 2 N–H and O–H groups in total. The van der Waals surface area contributed by atoms with Gasteiger partial charge in [0.25, 0.3) is 0 Å². The van der Waals surface area contributed by atoms with Gasteiger partial charge in [0, 0.05) is 26.7 Å². The lowest BCUT2D eigenvalue weighted by atomic mass is 9.87. The van der Waals surface area contributed by atoms with Crippen molar-refractivity contribution in [1.29, 1.82) is 0 Å². The van der Waals surface area contributed by atoms with E-state index in [1.807, 2.05) is 0 Å². The van der Waals surface area contributed by atoms with Crippen LogP contribution < -0.4 is 10.6 Å². The summed E-state index contributed by atoms with van der Waals surface area (Å²) in [6.07, 6.45) is 3.47. The molecule has 5 heteroatoms. The number of hydrogen-bond donors (Lipinski definition) is 2. The fourth-order valence-electron chi connectivity index (χ4n) is 2.92. The van der Waals surface area contributed by atoms with Crippen molar-refractivity contribution in [1.82, 2.24) is 15.5 Å². The van der Waals surface area contributed by atoms with Crippen LogP contribution in [0, 0.1) is 5.41 Å². The topological polar surface area (TPSA) is 53.6 Å². The quantitative estimate of drug-likeness (QED) is 0.691. The Hall–Kier alpha value is -0.650. The molecule has 5 nitrogen and oxygen atoms in total. The Balaban J connectivity index is 1.74. The van der Waals surface area contributed by atoms with Gasteiger partial charge in [0.05, 0.1) is 12.0 Å². The molecule has 2 fully saturated rings. The molecule has 0 spiro atoms. The molecule has 0 aromatic carbocycles. The molecule has 0 radical (unpaired) electrons. The first-order valence-electron chi connectivity index (χ1n) is 6.97. The van der Waals surface area contributed by atoms with Crippen LogP contribution in [0.1, 0.15) is 19.3 Å². The molecule has 0 aromatic heterocycles. The highest BCUT2D eigenvalue weighted by Crippen LogP contribution is 2.25. The average Bonchev–Trinajstić information content (AvgIpc) is 3.01. The van der Waals surface area contributed by atoms with Crippen LogP contribution >= 0.6 is 0 Å². The van der Waals surface area contributed by atoms with Crippen molar-refractivity contribution in [2.45, 2.75) is 19.3 Å². The van der Waals surface area contributed by atoms with E-state index >= 15 is 0 Å². The van der Waals surface area contributed by atoms with Crippen molar-refractivity contribution >= 4 is 5.91 Å². The first kappa shape index (κ1) is 13.8. The van der Waals surface area contributed by atoms with Gasteiger partial charge in [0.2, 0.25) is 5.91 Å². The Morgan fingerprint density at radius 2 is 2.22 bits per heavy atom. The van der Waals surface area contributed by atoms with Gasteiger partial charge in [0.15, 0.2) is 0 Å². The number of likely N-dealkylation sites (tertiary alicyclic amines) is 1. The number of methoxy groups -OCH3 is 1. The lowest BCUT2D eigenvalue weighted by Crippen LogP contribution is -2.47. The number of nitrogens with one attached hydrogen (secondary N) is 2. The summed E-state index contributed by atoms with van der Waals surface area (Å²) in [4.78, 5) is 14.7. The molecule has 1 atom stereocenters. The molecular weight excluding hydrogens is 230 g/mol. The molecule has 0 aromatic rings. The second-order valence-electron chi connectivity index (χ2n) is 5.44. The first-order chi connectivity index (χ1) is 8.77. The molecule has 104 valence electrons. The second kappa shape index (κ2) is 6.50. The van der Waals surface area contributed by atoms with E-state index in [1.165, 1.54) is 25.9 Å². The number of carbonyl (C=O) groups is 1. The van der Waals surface area contributed by atoms with Crippen molar-refractivity contribution in [3.8, 4) is 0 Å². The number of amides is 1. The summed E-state index contributed by atoms with van der Waals surface area (Å²) in [6, 6.07) is 0. The first-order valence-corrected chi connectivity index (χ1v) is 6.97. The van der Waals surface area contributed by atoms with E-state index in [9.17, 15) is 4.79 Å². The summed E-state index contributed by atoms with van der Waals surface area (Å²) in [5.74, 6) is 0.147. The van der Waals surface area contributed by atoms with Crippen LogP contribution in [0.4, 0.5) is 0 Å². The predicted molar refractivity (Wildman–Crippen MR) is 70.5 cm³/mol. The van der Waals surface area contributed by atoms with E-state index in [1.54, 1.807) is 7.11 Å². The fourth-order valence-corrected chi connectivity index (χ4v) is 2.92. The Morgan fingerprint density at radius 3 is 2.83 bits per heavy atom. The molecule has 1 amide bonds. The van der Waals surface area contributed by atoms with Crippen LogP contribution in [0.15, 0.2) is 0 Å². The van der Waals surface area contributed by atoms with Gasteiger partial charge in [-0.15, -0.1) is 0 Å². The lowest BCUT2D eigenvalue weighted by Gasteiger charge is -2.26. The smallest absolute Gasteiger partial charge is 0.229 e. The maximum atomic E-state index is 12.3. The third-order valence-electron chi connectivity index (χ3n) is 4.06. The van der Waals surface area contributed by atoms with E-state index in [0.29, 0.717) is 6.61 Å². The second-order valence-corrected chi connectivity index (χ2v) is 5.44. The molecule has 1 unspecified atom stereocenters. The average molecular weight is 255 g/mol. The predicted octanol–water partition coefficient (Wildman–Crippen LogP) is -0.175. The largest absolute Gasteiger partial charge is 0.384 e. The van der Waals surface area contributed by atoms with Gasteiger partial charge in [0.1, 0.15) is 0 Å². The standard InChI is InChI=1S/C13H25N3O2/c1-18-11-13(4-5-14-10-13)12(17)15-6-9-16-7-2-3-8-16/h14H,2-11H2,1H3,(H,15,17). The van der Waals surface area contributed by atoms with Crippen molar-refractivity contribution in [2.75, 3.05) is 53.0 Å². The van der Waals surface area contributed by atoms with Gasteiger partial charge in [-0.2, -0.15) is 0 Å². The molecule has 2 aliphatic heterocycles. The van der Waals surface area contributed by atoms with Crippen LogP contribution in [0.3, 0.4) is 0 Å². The zero-order valence-corrected chi connectivity index (χ0v) is 11.3. The minimum atomic E-state index is -0.347. The van der Waals surface area contributed by atoms with E-state index in [4.69, 9.17) is 4.74 Å². The molecule has 18 heavy (non-hydrogen) atoms. The Labute approximate surface area is 109 Å². The highest BCUT2D eigenvalue weighted by atomic mass is 16.5. The number of hydrogen-bond acceptors (Lipinski definition) is 4. The highest BCUT2D eigenvalue weighted by Gasteiger charge is 2.41. The van der Waals surface area contributed by atoms with Gasteiger partial charge >= 0.3 is 0 Å². The molecule has 2 heterocycles. The van der Waals surface area contributed by atoms with Gasteiger partial charge in [-0.25, -0.2) is 0 Å². The summed E-state index contributed by atoms with van der Waals surface area (Å²) < 4.78 is 5.22. The van der Waals surface area contributed by atoms with Crippen molar-refractivity contribution in [2.24, 2.45) is 5.41 Å². The van der Waals surface area contributed by atoms with E-state index in [0.717, 1.165) is 32.6 Å². The fraction of sp³-hybridized carbons (Fsp3) is 0.923. The molecular formula is C13H25N3O2. The van der Waals surface area contributed by atoms with Gasteiger partial charge in [-0.1, -0.05) is 0 Å². The summed E-state index contributed by atoms with van der Waals surface area (Å²) in [5, 5.41) is 6.34. The van der Waals surface area contributed by atoms with Crippen molar-refractivity contribution in [3.63, 3.8) is 0 Å². The van der Waals surface area contributed by atoms with Crippen molar-refractivity contribution < 1.29 is 9.53 Å². The Kier molecular flexibility index (Phi) is 4.97. The van der Waals surface area contributed by atoms with Crippen molar-refractivity contribution in [3.05, 3.63) is 0 Å². The van der Waals surface area contributed by atoms with E-state index in [2.05, 4.69) is 15.5 Å². The van der Waals surface area contributed by atoms with E-state index < -0.39 is 0 Å². The summed E-state index contributed by atoms with van der Waals surface area (Å²) >= 11 is 0. The summed E-state index contributed by atoms with van der Waals surface area (Å²) in [5.41, 5.74) is -0.347.